The molecule has 2 aromatic rings. The van der Waals surface area contributed by atoms with Crippen LogP contribution in [0.5, 0.6) is 0 Å². The average molecular weight is 577 g/mol. The summed E-state index contributed by atoms with van der Waals surface area (Å²) in [6.07, 6.45) is 7.82. The number of halogens is 1. The molecule has 0 unspecified atom stereocenters. The molecule has 3 N–H and O–H groups in total. The van der Waals surface area contributed by atoms with E-state index in [4.69, 9.17) is 4.74 Å². The van der Waals surface area contributed by atoms with Crippen LogP contribution < -0.4 is 16.0 Å². The van der Waals surface area contributed by atoms with Gasteiger partial charge < -0.3 is 20.7 Å². The lowest BCUT2D eigenvalue weighted by molar-refractivity contribution is -0.140. The second kappa shape index (κ2) is 13.6. The molecule has 2 aromatic carbocycles. The summed E-state index contributed by atoms with van der Waals surface area (Å²) in [5.41, 5.74) is 1.43. The van der Waals surface area contributed by atoms with Gasteiger partial charge in [-0.3, -0.25) is 19.3 Å². The first-order valence-corrected chi connectivity index (χ1v) is 15.0. The predicted octanol–water partition coefficient (Wildman–Crippen LogP) is 3.75. The third-order valence-electron chi connectivity index (χ3n) is 8.86. The van der Waals surface area contributed by atoms with Crippen molar-refractivity contribution in [2.45, 2.75) is 57.5 Å². The molecule has 0 radical (unpaired) electrons. The number of aryl methyl sites for hydroxylation is 1. The lowest BCUT2D eigenvalue weighted by Crippen LogP contribution is -2.58. The van der Waals surface area contributed by atoms with Crippen LogP contribution >= 0.6 is 0 Å². The normalized spacial score (nSPS) is 25.7. The third kappa shape index (κ3) is 7.44. The third-order valence-corrected chi connectivity index (χ3v) is 8.86. The molecule has 5 rings (SSSR count). The average Bonchev–Trinajstić information content (AvgIpc) is 2.98. The van der Waals surface area contributed by atoms with Gasteiger partial charge in [0.05, 0.1) is 17.6 Å². The number of ether oxygens (including phenoxy) is 1. The lowest BCUT2D eigenvalue weighted by Gasteiger charge is -2.40. The monoisotopic (exact) mass is 576 g/mol. The minimum absolute atomic E-state index is 0.0839. The van der Waals surface area contributed by atoms with E-state index in [2.05, 4.69) is 33.0 Å². The molecule has 224 valence electrons. The first-order valence-electron chi connectivity index (χ1n) is 15.0. The number of fused-ring (bicyclic) bond motifs is 1. The highest BCUT2D eigenvalue weighted by atomic mass is 19.1. The Kier molecular flexibility index (Phi) is 9.69. The van der Waals surface area contributed by atoms with Crippen LogP contribution in [-0.4, -0.2) is 67.6 Å². The van der Waals surface area contributed by atoms with Crippen LogP contribution in [0.4, 0.5) is 10.1 Å². The summed E-state index contributed by atoms with van der Waals surface area (Å²) in [5.74, 6) is -0.915. The Morgan fingerprint density at radius 1 is 1.10 bits per heavy atom. The van der Waals surface area contributed by atoms with Gasteiger partial charge in [0.15, 0.2) is 0 Å². The van der Waals surface area contributed by atoms with Gasteiger partial charge in [0.1, 0.15) is 11.9 Å². The van der Waals surface area contributed by atoms with Crippen LogP contribution in [0.25, 0.3) is 0 Å². The van der Waals surface area contributed by atoms with Crippen molar-refractivity contribution in [2.75, 3.05) is 38.2 Å². The summed E-state index contributed by atoms with van der Waals surface area (Å²) < 4.78 is 19.8. The minimum atomic E-state index is -0.697. The fourth-order valence-corrected chi connectivity index (χ4v) is 6.33. The Morgan fingerprint density at radius 2 is 1.88 bits per heavy atom. The zero-order valence-corrected chi connectivity index (χ0v) is 24.2. The number of nitrogens with zero attached hydrogens (tertiary/aromatic N) is 1. The Morgan fingerprint density at radius 3 is 2.67 bits per heavy atom. The second-order valence-electron chi connectivity index (χ2n) is 12.0. The lowest BCUT2D eigenvalue weighted by atomic mass is 9.75. The molecule has 0 aliphatic carbocycles. The molecule has 42 heavy (non-hydrogen) atoms. The maximum absolute atomic E-state index is 14.2. The molecule has 0 saturated carbocycles. The van der Waals surface area contributed by atoms with E-state index in [-0.39, 0.29) is 41.9 Å². The van der Waals surface area contributed by atoms with Crippen molar-refractivity contribution < 1.29 is 23.5 Å². The maximum atomic E-state index is 14.2. The number of anilines is 1. The molecule has 2 fully saturated rings. The van der Waals surface area contributed by atoms with Crippen molar-refractivity contribution in [3.05, 3.63) is 77.6 Å². The molecule has 3 aliphatic rings. The number of allylic oxidation sites excluding steroid dienone is 2. The molecule has 3 atom stereocenters. The molecule has 9 heteroatoms. The van der Waals surface area contributed by atoms with Gasteiger partial charge >= 0.3 is 0 Å². The summed E-state index contributed by atoms with van der Waals surface area (Å²) in [7, 11) is 0. The van der Waals surface area contributed by atoms with Crippen molar-refractivity contribution in [3.8, 4) is 0 Å². The fourth-order valence-electron chi connectivity index (χ4n) is 6.33. The largest absolute Gasteiger partial charge is 0.381 e. The van der Waals surface area contributed by atoms with Gasteiger partial charge in [-0.1, -0.05) is 48.6 Å². The van der Waals surface area contributed by atoms with Gasteiger partial charge in [0.2, 0.25) is 17.7 Å². The SMILES string of the molecule is Cc1ccc(F)c(NC(=O)CN2CC[C@H]3NC(=O)[C@H](Cc4ccccc4)NC(=O)C4(C/C=C/C[C@H]3C2)CCOCC4)c1. The van der Waals surface area contributed by atoms with Crippen LogP contribution in [0, 0.1) is 24.1 Å². The van der Waals surface area contributed by atoms with E-state index >= 15 is 0 Å². The summed E-state index contributed by atoms with van der Waals surface area (Å²) >= 11 is 0. The number of carbonyl (C=O) groups excluding carboxylic acids is 3. The van der Waals surface area contributed by atoms with Crippen LogP contribution in [0.15, 0.2) is 60.7 Å². The number of carbonyl (C=O) groups is 3. The molecule has 3 amide bonds. The number of likely N-dealkylation sites (tertiary alicyclic amines) is 1. The first-order chi connectivity index (χ1) is 20.3. The van der Waals surface area contributed by atoms with Gasteiger partial charge in [-0.2, -0.15) is 0 Å². The van der Waals surface area contributed by atoms with Crippen molar-refractivity contribution >= 4 is 23.4 Å². The number of piperidine rings is 1. The van der Waals surface area contributed by atoms with E-state index in [0.29, 0.717) is 64.8 Å². The van der Waals surface area contributed by atoms with Gasteiger partial charge in [0, 0.05) is 38.8 Å². The van der Waals surface area contributed by atoms with Gasteiger partial charge in [-0.05, 0) is 68.2 Å². The highest BCUT2D eigenvalue weighted by Gasteiger charge is 2.41. The zero-order valence-electron chi connectivity index (χ0n) is 24.2. The van der Waals surface area contributed by atoms with Crippen molar-refractivity contribution in [1.82, 2.24) is 15.5 Å². The number of hydrogen-bond donors (Lipinski definition) is 3. The number of benzene rings is 2. The fraction of sp³-hybridized carbons (Fsp3) is 0.485. The van der Waals surface area contributed by atoms with E-state index in [9.17, 15) is 18.8 Å². The van der Waals surface area contributed by atoms with Gasteiger partial charge in [-0.25, -0.2) is 4.39 Å². The highest BCUT2D eigenvalue weighted by Crippen LogP contribution is 2.36. The molecular formula is C33H41FN4O4. The van der Waals surface area contributed by atoms with Crippen LogP contribution in [0.1, 0.15) is 43.2 Å². The molecular weight excluding hydrogens is 535 g/mol. The zero-order chi connectivity index (χ0) is 29.5. The number of hydrogen-bond acceptors (Lipinski definition) is 5. The van der Waals surface area contributed by atoms with Crippen LogP contribution in [-0.2, 0) is 25.5 Å². The summed E-state index contributed by atoms with van der Waals surface area (Å²) in [5, 5.41) is 9.09. The predicted molar refractivity (Wildman–Crippen MR) is 159 cm³/mol. The first kappa shape index (κ1) is 29.9. The van der Waals surface area contributed by atoms with E-state index in [1.165, 1.54) is 6.07 Å². The Bertz CT molecular complexity index is 1290. The summed E-state index contributed by atoms with van der Waals surface area (Å²) in [6.45, 7) is 4.27. The highest BCUT2D eigenvalue weighted by molar-refractivity contribution is 5.92. The smallest absolute Gasteiger partial charge is 0.243 e. The van der Waals surface area contributed by atoms with Gasteiger partial charge in [-0.15, -0.1) is 0 Å². The minimum Gasteiger partial charge on any atom is -0.381 e. The second-order valence-corrected chi connectivity index (χ2v) is 12.0. The molecule has 3 aliphatic heterocycles. The Balaban J connectivity index is 1.31. The van der Waals surface area contributed by atoms with E-state index in [1.54, 1.807) is 12.1 Å². The quantitative estimate of drug-likeness (QED) is 0.471. The topological polar surface area (TPSA) is 99.8 Å². The summed E-state index contributed by atoms with van der Waals surface area (Å²) in [4.78, 5) is 42.3. The van der Waals surface area contributed by atoms with Crippen molar-refractivity contribution in [3.63, 3.8) is 0 Å². The number of rotatable bonds is 5. The maximum Gasteiger partial charge on any atom is 0.243 e. The number of amides is 3. The number of nitrogens with one attached hydrogen (secondary N) is 3. The molecule has 0 bridgehead atoms. The Labute approximate surface area is 247 Å². The van der Waals surface area contributed by atoms with Crippen LogP contribution in [0.3, 0.4) is 0 Å². The molecule has 2 saturated heterocycles. The standard InChI is InChI=1S/C33H41FN4O4/c1-23-10-11-26(34)28(19-23)35-30(39)22-38-16-12-27-25(21-38)9-5-6-13-33(14-17-42-18-15-33)32(41)37-29(31(40)36-27)20-24-7-3-2-4-8-24/h2-8,10-11,19,25,27,29H,9,12-18,20-22H2,1H3,(H,35,39)(H,36,40)(H,37,41)/b6-5+/t25-,27+,29-/m0/s1. The van der Waals surface area contributed by atoms with Crippen molar-refractivity contribution in [2.24, 2.45) is 11.3 Å². The molecule has 3 heterocycles. The molecule has 0 aromatic heterocycles. The van der Waals surface area contributed by atoms with Crippen molar-refractivity contribution in [1.29, 1.82) is 0 Å². The molecule has 1 spiro atoms. The van der Waals surface area contributed by atoms with E-state index < -0.39 is 17.3 Å². The summed E-state index contributed by atoms with van der Waals surface area (Å²) in [6, 6.07) is 13.6. The van der Waals surface area contributed by atoms with E-state index in [0.717, 1.165) is 11.1 Å². The Hall–Kier alpha value is -3.56. The van der Waals surface area contributed by atoms with E-state index in [1.807, 2.05) is 37.3 Å². The van der Waals surface area contributed by atoms with Crippen LogP contribution in [0.2, 0.25) is 0 Å². The molecule has 8 nitrogen and oxygen atoms in total. The van der Waals surface area contributed by atoms with Gasteiger partial charge in [0.25, 0.3) is 0 Å².